The molecule has 0 spiro atoms. The van der Waals surface area contributed by atoms with Gasteiger partial charge in [0.1, 0.15) is 5.82 Å². The zero-order valence-electron chi connectivity index (χ0n) is 12.4. The van der Waals surface area contributed by atoms with Gasteiger partial charge in [0.25, 0.3) is 5.91 Å². The minimum Gasteiger partial charge on any atom is -0.319 e. The van der Waals surface area contributed by atoms with Crippen LogP contribution in [0.2, 0.25) is 0 Å². The summed E-state index contributed by atoms with van der Waals surface area (Å²) in [5.74, 6) is -1.10. The van der Waals surface area contributed by atoms with Gasteiger partial charge in [0, 0.05) is 24.1 Å². The van der Waals surface area contributed by atoms with E-state index in [4.69, 9.17) is 0 Å². The molecule has 0 saturated carbocycles. The van der Waals surface area contributed by atoms with Gasteiger partial charge in [0.2, 0.25) is 10.0 Å². The largest absolute Gasteiger partial charge is 0.319 e. The molecule has 23 heavy (non-hydrogen) atoms. The van der Waals surface area contributed by atoms with Crippen LogP contribution in [-0.4, -0.2) is 32.7 Å². The Labute approximate surface area is 142 Å². The summed E-state index contributed by atoms with van der Waals surface area (Å²) in [6, 6.07) is 9.70. The lowest BCUT2D eigenvalue weighted by Gasteiger charge is -2.12. The number of sulfonamides is 1. The summed E-state index contributed by atoms with van der Waals surface area (Å²) in [7, 11) is -0.708. The molecule has 1 amide bonds. The van der Waals surface area contributed by atoms with Gasteiger partial charge in [-0.1, -0.05) is 15.9 Å². The van der Waals surface area contributed by atoms with Gasteiger partial charge in [-0.2, -0.15) is 0 Å². The number of benzene rings is 2. The first-order chi connectivity index (χ1) is 10.7. The van der Waals surface area contributed by atoms with Crippen molar-refractivity contribution in [3.63, 3.8) is 0 Å². The van der Waals surface area contributed by atoms with Gasteiger partial charge in [-0.05, 0) is 42.5 Å². The molecule has 0 heterocycles. The van der Waals surface area contributed by atoms with Crippen molar-refractivity contribution in [2.45, 2.75) is 4.90 Å². The van der Waals surface area contributed by atoms with Gasteiger partial charge in [-0.15, -0.1) is 0 Å². The molecule has 8 heteroatoms. The molecule has 0 bridgehead atoms. The highest BCUT2D eigenvalue weighted by Crippen LogP contribution is 2.20. The second kappa shape index (κ2) is 6.77. The quantitative estimate of drug-likeness (QED) is 0.857. The Kier molecular flexibility index (Phi) is 5.18. The van der Waals surface area contributed by atoms with Crippen molar-refractivity contribution < 1.29 is 17.6 Å². The highest BCUT2D eigenvalue weighted by Gasteiger charge is 2.17. The molecule has 122 valence electrons. The van der Waals surface area contributed by atoms with E-state index in [9.17, 15) is 17.6 Å². The number of halogens is 2. The summed E-state index contributed by atoms with van der Waals surface area (Å²) in [5, 5.41) is 2.44. The Morgan fingerprint density at radius 1 is 1.13 bits per heavy atom. The summed E-state index contributed by atoms with van der Waals surface area (Å²) in [4.78, 5) is 12.2. The maximum Gasteiger partial charge on any atom is 0.255 e. The molecule has 0 aliphatic carbocycles. The monoisotopic (exact) mass is 400 g/mol. The first-order valence-electron chi connectivity index (χ1n) is 6.51. The number of hydrogen-bond acceptors (Lipinski definition) is 3. The molecule has 0 atom stereocenters. The first-order valence-corrected chi connectivity index (χ1v) is 8.74. The van der Waals surface area contributed by atoms with Crippen LogP contribution in [0.3, 0.4) is 0 Å². The molecular weight excluding hydrogens is 387 g/mol. The smallest absolute Gasteiger partial charge is 0.255 e. The number of hydrogen-bond donors (Lipinski definition) is 1. The molecule has 2 aromatic rings. The van der Waals surface area contributed by atoms with Crippen LogP contribution >= 0.6 is 15.9 Å². The van der Waals surface area contributed by atoms with Crippen molar-refractivity contribution in [1.29, 1.82) is 0 Å². The minimum atomic E-state index is -3.55. The molecule has 0 aliphatic rings. The Hall–Kier alpha value is -1.77. The molecule has 0 fully saturated rings. The van der Waals surface area contributed by atoms with Gasteiger partial charge in [0.15, 0.2) is 0 Å². The van der Waals surface area contributed by atoms with Crippen LogP contribution in [0.5, 0.6) is 0 Å². The number of amides is 1. The molecule has 5 nitrogen and oxygen atoms in total. The van der Waals surface area contributed by atoms with E-state index in [0.717, 1.165) is 4.31 Å². The van der Waals surface area contributed by atoms with Crippen molar-refractivity contribution in [3.05, 3.63) is 58.3 Å². The standard InChI is InChI=1S/C15H14BrFN2O3S/c1-19(2)23(21,22)12-6-3-10(4-7-12)15(20)18-14-8-5-11(16)9-13(14)17/h3-9H,1-2H3,(H,18,20). The molecule has 0 aliphatic heterocycles. The predicted molar refractivity (Wildman–Crippen MR) is 89.4 cm³/mol. The van der Waals surface area contributed by atoms with Crippen LogP contribution < -0.4 is 5.32 Å². The Balaban J connectivity index is 2.21. The van der Waals surface area contributed by atoms with Crippen molar-refractivity contribution in [2.24, 2.45) is 0 Å². The normalized spacial score (nSPS) is 11.5. The van der Waals surface area contributed by atoms with Crippen LogP contribution in [0.25, 0.3) is 0 Å². The van der Waals surface area contributed by atoms with Crippen LogP contribution in [-0.2, 0) is 10.0 Å². The zero-order valence-corrected chi connectivity index (χ0v) is 14.8. The maximum absolute atomic E-state index is 13.7. The van der Waals surface area contributed by atoms with Crippen LogP contribution in [0.4, 0.5) is 10.1 Å². The number of rotatable bonds is 4. The zero-order chi connectivity index (χ0) is 17.2. The Bertz CT molecular complexity index is 836. The first kappa shape index (κ1) is 17.6. The fraction of sp³-hybridized carbons (Fsp3) is 0.133. The van der Waals surface area contributed by atoms with E-state index in [0.29, 0.717) is 4.47 Å². The average molecular weight is 401 g/mol. The molecule has 0 unspecified atom stereocenters. The lowest BCUT2D eigenvalue weighted by molar-refractivity contribution is 0.102. The second-order valence-corrected chi connectivity index (χ2v) is 7.96. The average Bonchev–Trinajstić information content (AvgIpc) is 2.50. The summed E-state index contributed by atoms with van der Waals surface area (Å²) in [5.41, 5.74) is 0.271. The Morgan fingerprint density at radius 3 is 2.26 bits per heavy atom. The van der Waals surface area contributed by atoms with Crippen molar-refractivity contribution >= 4 is 37.5 Å². The van der Waals surface area contributed by atoms with Crippen LogP contribution in [0.15, 0.2) is 51.8 Å². The molecule has 0 radical (unpaired) electrons. The molecule has 2 aromatic carbocycles. The Morgan fingerprint density at radius 2 is 1.74 bits per heavy atom. The van der Waals surface area contributed by atoms with Crippen molar-refractivity contribution in [2.75, 3.05) is 19.4 Å². The van der Waals surface area contributed by atoms with Crippen molar-refractivity contribution in [3.8, 4) is 0 Å². The highest BCUT2D eigenvalue weighted by molar-refractivity contribution is 9.10. The second-order valence-electron chi connectivity index (χ2n) is 4.89. The van der Waals surface area contributed by atoms with E-state index in [-0.39, 0.29) is 16.1 Å². The molecule has 2 rings (SSSR count). The van der Waals surface area contributed by atoms with Crippen LogP contribution in [0, 0.1) is 5.82 Å². The molecule has 1 N–H and O–H groups in total. The van der Waals surface area contributed by atoms with E-state index in [1.807, 2.05) is 0 Å². The maximum atomic E-state index is 13.7. The lowest BCUT2D eigenvalue weighted by Crippen LogP contribution is -2.22. The molecule has 0 aromatic heterocycles. The van der Waals surface area contributed by atoms with Crippen LogP contribution in [0.1, 0.15) is 10.4 Å². The number of carbonyl (C=O) groups excluding carboxylic acids is 1. The van der Waals surface area contributed by atoms with E-state index in [1.165, 1.54) is 50.5 Å². The van der Waals surface area contributed by atoms with E-state index < -0.39 is 21.7 Å². The SMILES string of the molecule is CN(C)S(=O)(=O)c1ccc(C(=O)Nc2ccc(Br)cc2F)cc1. The topological polar surface area (TPSA) is 66.5 Å². The lowest BCUT2D eigenvalue weighted by atomic mass is 10.2. The van der Waals surface area contributed by atoms with Gasteiger partial charge in [-0.3, -0.25) is 4.79 Å². The third kappa shape index (κ3) is 3.95. The van der Waals surface area contributed by atoms with Crippen molar-refractivity contribution in [1.82, 2.24) is 4.31 Å². The predicted octanol–water partition coefficient (Wildman–Crippen LogP) is 3.09. The van der Waals surface area contributed by atoms with Gasteiger partial charge in [-0.25, -0.2) is 17.1 Å². The van der Waals surface area contributed by atoms with E-state index in [2.05, 4.69) is 21.2 Å². The third-order valence-electron chi connectivity index (χ3n) is 3.07. The highest BCUT2D eigenvalue weighted by atomic mass is 79.9. The summed E-state index contributed by atoms with van der Waals surface area (Å²) in [6.45, 7) is 0. The molecular formula is C15H14BrFN2O3S. The fourth-order valence-corrected chi connectivity index (χ4v) is 3.01. The van der Waals surface area contributed by atoms with E-state index in [1.54, 1.807) is 6.07 Å². The third-order valence-corrected chi connectivity index (χ3v) is 5.40. The number of nitrogens with zero attached hydrogens (tertiary/aromatic N) is 1. The number of anilines is 1. The fourth-order valence-electron chi connectivity index (χ4n) is 1.77. The number of carbonyl (C=O) groups is 1. The number of nitrogens with one attached hydrogen (secondary N) is 1. The summed E-state index contributed by atoms with van der Waals surface area (Å²) < 4.78 is 39.3. The summed E-state index contributed by atoms with van der Waals surface area (Å²) in [6.07, 6.45) is 0. The minimum absolute atomic E-state index is 0.0446. The van der Waals surface area contributed by atoms with Gasteiger partial charge >= 0.3 is 0 Å². The van der Waals surface area contributed by atoms with Gasteiger partial charge in [0.05, 0.1) is 10.6 Å². The van der Waals surface area contributed by atoms with E-state index >= 15 is 0 Å². The summed E-state index contributed by atoms with van der Waals surface area (Å²) >= 11 is 3.13. The molecule has 0 saturated heterocycles. The van der Waals surface area contributed by atoms with Gasteiger partial charge < -0.3 is 5.32 Å².